The molecule has 0 aromatic heterocycles. The molecular weight excluding hydrogens is 440 g/mol. The topological polar surface area (TPSA) is 149 Å². The van der Waals surface area contributed by atoms with Gasteiger partial charge in [-0.3, -0.25) is 4.79 Å². The van der Waals surface area contributed by atoms with Crippen LogP contribution in [0.1, 0.15) is 6.42 Å². The van der Waals surface area contributed by atoms with Crippen LogP contribution in [0.4, 0.5) is 0 Å². The highest BCUT2D eigenvalue weighted by molar-refractivity contribution is 5.75. The van der Waals surface area contributed by atoms with Crippen molar-refractivity contribution in [3.63, 3.8) is 0 Å². The molecule has 0 heterocycles. The first-order valence-electron chi connectivity index (χ1n) is 11.5. The zero-order chi connectivity index (χ0) is 24.1. The minimum absolute atomic E-state index is 0.0248. The minimum Gasteiger partial charge on any atom is -0.394 e. The van der Waals surface area contributed by atoms with Crippen LogP contribution in [0.5, 0.6) is 0 Å². The van der Waals surface area contributed by atoms with Crippen molar-refractivity contribution >= 4 is 5.91 Å². The molecule has 1 amide bonds. The summed E-state index contributed by atoms with van der Waals surface area (Å²) in [7, 11) is 0. The molecule has 0 aliphatic heterocycles. The van der Waals surface area contributed by atoms with Gasteiger partial charge in [0.1, 0.15) is 0 Å². The number of aliphatic hydroxyl groups excluding tert-OH is 1. The smallest absolute Gasteiger partial charge is 0.221 e. The first kappa shape index (κ1) is 32.1. The minimum atomic E-state index is -0.0625. The molecule has 0 bridgehead atoms. The Morgan fingerprint density at radius 3 is 1.15 bits per heavy atom. The van der Waals surface area contributed by atoms with Gasteiger partial charge < -0.3 is 54.1 Å². The van der Waals surface area contributed by atoms with Crippen molar-refractivity contribution in [3.05, 3.63) is 0 Å². The average Bonchev–Trinajstić information content (AvgIpc) is 2.81. The monoisotopic (exact) mass is 484 g/mol. The number of carbonyl (C=O) groups excluding carboxylic acids is 1. The fourth-order valence-corrected chi connectivity index (χ4v) is 2.19. The molecule has 0 aromatic rings. The number of nitrogens with one attached hydrogen (secondary N) is 1. The highest BCUT2D eigenvalue weighted by Crippen LogP contribution is 1.86. The van der Waals surface area contributed by atoms with Crippen molar-refractivity contribution in [2.45, 2.75) is 6.42 Å². The second-order valence-corrected chi connectivity index (χ2v) is 6.51. The number of rotatable bonds is 28. The van der Waals surface area contributed by atoms with Crippen LogP contribution in [0.2, 0.25) is 0 Å². The largest absolute Gasteiger partial charge is 0.394 e. The van der Waals surface area contributed by atoms with Crippen molar-refractivity contribution in [3.8, 4) is 0 Å². The van der Waals surface area contributed by atoms with Gasteiger partial charge in [-0.25, -0.2) is 0 Å². The van der Waals surface area contributed by atoms with Crippen LogP contribution >= 0.6 is 0 Å². The van der Waals surface area contributed by atoms with Crippen LogP contribution in [0.15, 0.2) is 0 Å². The number of nitrogens with two attached hydrogens (primary N) is 1. The van der Waals surface area contributed by atoms with E-state index in [4.69, 9.17) is 48.7 Å². The van der Waals surface area contributed by atoms with E-state index < -0.39 is 0 Å². The van der Waals surface area contributed by atoms with Crippen LogP contribution < -0.4 is 11.1 Å². The Morgan fingerprint density at radius 1 is 0.545 bits per heavy atom. The van der Waals surface area contributed by atoms with Gasteiger partial charge in [0, 0.05) is 19.5 Å². The molecule has 0 aliphatic carbocycles. The second-order valence-electron chi connectivity index (χ2n) is 6.51. The van der Waals surface area contributed by atoms with E-state index in [1.54, 1.807) is 0 Å². The number of aliphatic hydroxyl groups is 1. The standard InChI is InChI=1S/C21H44N2O10/c22-2-1-21(25)23-3-5-26-7-9-28-11-13-30-15-17-32-19-20-33-18-16-31-14-12-29-10-8-27-6-4-24/h24H,1-20,22H2,(H,23,25). The van der Waals surface area contributed by atoms with E-state index in [0.29, 0.717) is 125 Å². The molecule has 198 valence electrons. The molecule has 4 N–H and O–H groups in total. The van der Waals surface area contributed by atoms with Gasteiger partial charge in [0.25, 0.3) is 0 Å². The molecule has 0 spiro atoms. The SMILES string of the molecule is NCCC(=O)NCCOCCOCCOCCOCCOCCOCCOCCOCCO. The number of carbonyl (C=O) groups is 1. The van der Waals surface area contributed by atoms with Crippen molar-refractivity contribution in [1.29, 1.82) is 0 Å². The number of hydrogen-bond acceptors (Lipinski definition) is 11. The molecule has 0 fully saturated rings. The maximum Gasteiger partial charge on any atom is 0.221 e. The molecule has 33 heavy (non-hydrogen) atoms. The van der Waals surface area contributed by atoms with Crippen molar-refractivity contribution in [1.82, 2.24) is 5.32 Å². The Kier molecular flexibility index (Phi) is 28.3. The van der Waals surface area contributed by atoms with Crippen LogP contribution in [0.3, 0.4) is 0 Å². The quantitative estimate of drug-likeness (QED) is 0.112. The Hall–Kier alpha value is -0.930. The fraction of sp³-hybridized carbons (Fsp3) is 0.952. The molecule has 0 atom stereocenters. The third kappa shape index (κ3) is 29.0. The Labute approximate surface area is 197 Å². The summed E-state index contributed by atoms with van der Waals surface area (Å²) in [4.78, 5) is 11.2. The van der Waals surface area contributed by atoms with Crippen LogP contribution in [-0.2, 0) is 42.7 Å². The summed E-state index contributed by atoms with van der Waals surface area (Å²) >= 11 is 0. The molecule has 0 unspecified atom stereocenters. The van der Waals surface area contributed by atoms with E-state index in [-0.39, 0.29) is 12.5 Å². The molecule has 0 radical (unpaired) electrons. The molecule has 0 saturated carbocycles. The van der Waals surface area contributed by atoms with Gasteiger partial charge in [0.2, 0.25) is 5.91 Å². The van der Waals surface area contributed by atoms with Crippen LogP contribution in [-0.4, -0.2) is 136 Å². The summed E-state index contributed by atoms with van der Waals surface area (Å²) in [5.41, 5.74) is 5.28. The normalized spacial score (nSPS) is 11.2. The zero-order valence-corrected chi connectivity index (χ0v) is 19.8. The van der Waals surface area contributed by atoms with Crippen LogP contribution in [0.25, 0.3) is 0 Å². The van der Waals surface area contributed by atoms with Gasteiger partial charge in [-0.1, -0.05) is 0 Å². The lowest BCUT2D eigenvalue weighted by Crippen LogP contribution is -2.29. The lowest BCUT2D eigenvalue weighted by molar-refractivity contribution is -0.121. The highest BCUT2D eigenvalue weighted by atomic mass is 16.6. The zero-order valence-electron chi connectivity index (χ0n) is 19.8. The average molecular weight is 485 g/mol. The maximum absolute atomic E-state index is 11.2. The van der Waals surface area contributed by atoms with Crippen molar-refractivity contribution < 1.29 is 47.8 Å². The predicted molar refractivity (Wildman–Crippen MR) is 120 cm³/mol. The second kappa shape index (κ2) is 29.1. The summed E-state index contributed by atoms with van der Waals surface area (Å²) in [6.07, 6.45) is 0.333. The third-order valence-corrected chi connectivity index (χ3v) is 3.78. The molecule has 12 nitrogen and oxygen atoms in total. The van der Waals surface area contributed by atoms with Crippen LogP contribution in [0, 0.1) is 0 Å². The Morgan fingerprint density at radius 2 is 0.848 bits per heavy atom. The Balaban J connectivity index is 3.03. The van der Waals surface area contributed by atoms with E-state index in [2.05, 4.69) is 5.32 Å². The number of ether oxygens (including phenoxy) is 8. The van der Waals surface area contributed by atoms with E-state index in [1.807, 2.05) is 0 Å². The molecule has 12 heteroatoms. The van der Waals surface area contributed by atoms with E-state index in [1.165, 1.54) is 0 Å². The number of hydrogen-bond donors (Lipinski definition) is 3. The fourth-order valence-electron chi connectivity index (χ4n) is 2.19. The van der Waals surface area contributed by atoms with E-state index >= 15 is 0 Å². The summed E-state index contributed by atoms with van der Waals surface area (Å²) in [5.74, 6) is -0.0625. The molecule has 0 aliphatic rings. The summed E-state index contributed by atoms with van der Waals surface area (Å²) in [6, 6.07) is 0. The van der Waals surface area contributed by atoms with E-state index in [9.17, 15) is 4.79 Å². The lowest BCUT2D eigenvalue weighted by Gasteiger charge is -2.09. The summed E-state index contributed by atoms with van der Waals surface area (Å²) in [6.45, 7) is 8.52. The maximum atomic E-state index is 11.2. The third-order valence-electron chi connectivity index (χ3n) is 3.78. The van der Waals surface area contributed by atoms with Gasteiger partial charge in [0.15, 0.2) is 0 Å². The van der Waals surface area contributed by atoms with Crippen molar-refractivity contribution in [2.24, 2.45) is 5.73 Å². The predicted octanol–water partition coefficient (Wildman–Crippen LogP) is -1.42. The molecule has 0 saturated heterocycles. The van der Waals surface area contributed by atoms with E-state index in [0.717, 1.165) is 0 Å². The van der Waals surface area contributed by atoms with Gasteiger partial charge >= 0.3 is 0 Å². The summed E-state index contributed by atoms with van der Waals surface area (Å²) < 4.78 is 42.7. The molecule has 0 aromatic carbocycles. The first-order valence-corrected chi connectivity index (χ1v) is 11.5. The van der Waals surface area contributed by atoms with Gasteiger partial charge in [-0.05, 0) is 0 Å². The molecule has 0 rings (SSSR count). The highest BCUT2D eigenvalue weighted by Gasteiger charge is 1.98. The van der Waals surface area contributed by atoms with Gasteiger partial charge in [0.05, 0.1) is 112 Å². The number of amides is 1. The first-order chi connectivity index (χ1) is 16.3. The lowest BCUT2D eigenvalue weighted by atomic mass is 10.4. The summed E-state index contributed by atoms with van der Waals surface area (Å²) in [5, 5.41) is 11.2. The van der Waals surface area contributed by atoms with Crippen molar-refractivity contribution in [2.75, 3.05) is 125 Å². The molecular formula is C21H44N2O10. The Bertz CT molecular complexity index is 394. The van der Waals surface area contributed by atoms with Gasteiger partial charge in [-0.15, -0.1) is 0 Å². The van der Waals surface area contributed by atoms with Gasteiger partial charge in [-0.2, -0.15) is 0 Å².